The van der Waals surface area contributed by atoms with E-state index in [4.69, 9.17) is 9.47 Å². The lowest BCUT2D eigenvalue weighted by atomic mass is 10.1. The van der Waals surface area contributed by atoms with Crippen LogP contribution in [0.3, 0.4) is 0 Å². The number of methoxy groups -OCH3 is 1. The van der Waals surface area contributed by atoms with Gasteiger partial charge < -0.3 is 25.2 Å². The zero-order valence-corrected chi connectivity index (χ0v) is 15.0. The van der Waals surface area contributed by atoms with Gasteiger partial charge in [0, 0.05) is 6.54 Å². The summed E-state index contributed by atoms with van der Waals surface area (Å²) in [5.74, 6) is 1.37. The number of ether oxygens (including phenoxy) is 2. The summed E-state index contributed by atoms with van der Waals surface area (Å²) in [6.07, 6.45) is 4.91. The van der Waals surface area contributed by atoms with Gasteiger partial charge in [-0.1, -0.05) is 6.07 Å². The summed E-state index contributed by atoms with van der Waals surface area (Å²) in [7, 11) is 1.63. The first-order chi connectivity index (χ1) is 12.1. The topological polar surface area (TPSA) is 79.8 Å². The van der Waals surface area contributed by atoms with Crippen molar-refractivity contribution in [2.45, 2.75) is 63.3 Å². The first-order valence-corrected chi connectivity index (χ1v) is 9.13. The molecule has 6 heteroatoms. The van der Waals surface area contributed by atoms with Gasteiger partial charge in [-0.15, -0.1) is 0 Å². The van der Waals surface area contributed by atoms with Crippen LogP contribution < -0.4 is 20.1 Å². The summed E-state index contributed by atoms with van der Waals surface area (Å²) in [6.45, 7) is 2.41. The summed E-state index contributed by atoms with van der Waals surface area (Å²) < 4.78 is 11.5. The van der Waals surface area contributed by atoms with E-state index in [2.05, 4.69) is 10.6 Å². The molecular formula is C19H28N2O4. The smallest absolute Gasteiger partial charge is 0.237 e. The minimum atomic E-state index is -0.446. The molecule has 1 saturated heterocycles. The van der Waals surface area contributed by atoms with Crippen molar-refractivity contribution < 1.29 is 19.4 Å². The molecule has 0 spiro atoms. The fourth-order valence-corrected chi connectivity index (χ4v) is 3.55. The number of carbonyl (C=O) groups excluding carboxylic acids is 1. The summed E-state index contributed by atoms with van der Waals surface area (Å²) >= 11 is 0. The molecule has 1 aromatic rings. The SMILES string of the molecule is COc1cc(C(C)NC(=O)C2CC(O)CN2)ccc1OC1CCCC1. The number of aliphatic hydroxyl groups excluding tert-OH is 1. The largest absolute Gasteiger partial charge is 0.493 e. The van der Waals surface area contributed by atoms with Crippen LogP contribution in [-0.4, -0.2) is 42.9 Å². The van der Waals surface area contributed by atoms with Crippen LogP contribution in [0.1, 0.15) is 50.6 Å². The minimum absolute atomic E-state index is 0.0886. The van der Waals surface area contributed by atoms with Crippen LogP contribution in [-0.2, 0) is 4.79 Å². The van der Waals surface area contributed by atoms with Gasteiger partial charge in [0.15, 0.2) is 11.5 Å². The Hall–Kier alpha value is -1.79. The number of β-amino-alcohol motifs (C(OH)–C–C–N with tert-alkyl or cyclic N) is 1. The van der Waals surface area contributed by atoms with E-state index in [1.165, 1.54) is 12.8 Å². The maximum atomic E-state index is 12.3. The normalized spacial score (nSPS) is 24.9. The van der Waals surface area contributed by atoms with E-state index in [0.29, 0.717) is 18.7 Å². The molecule has 3 unspecified atom stereocenters. The first kappa shape index (κ1) is 18.0. The number of hydrogen-bond donors (Lipinski definition) is 3. The van der Waals surface area contributed by atoms with E-state index in [-0.39, 0.29) is 24.1 Å². The van der Waals surface area contributed by atoms with Crippen LogP contribution in [0.15, 0.2) is 18.2 Å². The Labute approximate surface area is 148 Å². The van der Waals surface area contributed by atoms with Crippen molar-refractivity contribution in [3.63, 3.8) is 0 Å². The lowest BCUT2D eigenvalue weighted by Gasteiger charge is -2.20. The van der Waals surface area contributed by atoms with E-state index < -0.39 is 6.10 Å². The number of nitrogens with one attached hydrogen (secondary N) is 2. The molecule has 1 saturated carbocycles. The van der Waals surface area contributed by atoms with Gasteiger partial charge in [0.25, 0.3) is 0 Å². The summed E-state index contributed by atoms with van der Waals surface area (Å²) in [5, 5.41) is 15.6. The lowest BCUT2D eigenvalue weighted by molar-refractivity contribution is -0.123. The predicted octanol–water partition coefficient (Wildman–Crippen LogP) is 1.92. The van der Waals surface area contributed by atoms with Crippen molar-refractivity contribution in [1.29, 1.82) is 0 Å². The number of carbonyl (C=O) groups is 1. The Bertz CT molecular complexity index is 601. The second-order valence-electron chi connectivity index (χ2n) is 7.02. The Balaban J connectivity index is 1.63. The van der Waals surface area contributed by atoms with Crippen molar-refractivity contribution in [2.75, 3.05) is 13.7 Å². The maximum absolute atomic E-state index is 12.3. The highest BCUT2D eigenvalue weighted by Crippen LogP contribution is 2.33. The average molecular weight is 348 g/mol. The van der Waals surface area contributed by atoms with Crippen molar-refractivity contribution in [2.24, 2.45) is 0 Å². The molecule has 1 aliphatic carbocycles. The van der Waals surface area contributed by atoms with E-state index >= 15 is 0 Å². The van der Waals surface area contributed by atoms with Gasteiger partial charge in [0.1, 0.15) is 0 Å². The van der Waals surface area contributed by atoms with Gasteiger partial charge in [0.2, 0.25) is 5.91 Å². The Morgan fingerprint density at radius 1 is 1.32 bits per heavy atom. The van der Waals surface area contributed by atoms with Gasteiger partial charge >= 0.3 is 0 Å². The summed E-state index contributed by atoms with van der Waals surface area (Å²) in [5.41, 5.74) is 0.961. The molecule has 1 aromatic carbocycles. The van der Waals surface area contributed by atoms with E-state index in [9.17, 15) is 9.90 Å². The maximum Gasteiger partial charge on any atom is 0.237 e. The molecule has 3 rings (SSSR count). The molecule has 3 N–H and O–H groups in total. The summed E-state index contributed by atoms with van der Waals surface area (Å²) in [4.78, 5) is 12.3. The molecule has 25 heavy (non-hydrogen) atoms. The number of hydrogen-bond acceptors (Lipinski definition) is 5. The molecule has 2 fully saturated rings. The van der Waals surface area contributed by atoms with Gasteiger partial charge in [-0.05, 0) is 56.7 Å². The van der Waals surface area contributed by atoms with Crippen LogP contribution in [0.2, 0.25) is 0 Å². The number of aliphatic hydroxyl groups is 1. The third-order valence-corrected chi connectivity index (χ3v) is 5.07. The highest BCUT2D eigenvalue weighted by molar-refractivity contribution is 5.82. The highest BCUT2D eigenvalue weighted by Gasteiger charge is 2.29. The second kappa shape index (κ2) is 8.06. The monoisotopic (exact) mass is 348 g/mol. The van der Waals surface area contributed by atoms with Crippen molar-refractivity contribution in [1.82, 2.24) is 10.6 Å². The molecule has 1 amide bonds. The first-order valence-electron chi connectivity index (χ1n) is 9.13. The molecule has 6 nitrogen and oxygen atoms in total. The lowest BCUT2D eigenvalue weighted by Crippen LogP contribution is -2.41. The molecule has 2 aliphatic rings. The van der Waals surface area contributed by atoms with Crippen molar-refractivity contribution in [3.05, 3.63) is 23.8 Å². The number of benzene rings is 1. The zero-order chi connectivity index (χ0) is 17.8. The molecule has 138 valence electrons. The molecule has 0 radical (unpaired) electrons. The van der Waals surface area contributed by atoms with Crippen molar-refractivity contribution >= 4 is 5.91 Å². The van der Waals surface area contributed by atoms with Crippen LogP contribution in [0.5, 0.6) is 11.5 Å². The van der Waals surface area contributed by atoms with Gasteiger partial charge in [-0.2, -0.15) is 0 Å². The summed E-state index contributed by atoms with van der Waals surface area (Å²) in [6, 6.07) is 5.33. The van der Waals surface area contributed by atoms with Gasteiger partial charge in [0.05, 0.1) is 31.4 Å². The quantitative estimate of drug-likeness (QED) is 0.732. The highest BCUT2D eigenvalue weighted by atomic mass is 16.5. The molecule has 1 heterocycles. The standard InChI is InChI=1S/C19H28N2O4/c1-12(21-19(23)16-10-14(22)11-20-16)13-7-8-17(18(9-13)24-2)25-15-5-3-4-6-15/h7-9,12,14-16,20,22H,3-6,10-11H2,1-2H3,(H,21,23). The third kappa shape index (κ3) is 4.44. The zero-order valence-electron chi connectivity index (χ0n) is 15.0. The van der Waals surface area contributed by atoms with Crippen LogP contribution >= 0.6 is 0 Å². The Morgan fingerprint density at radius 2 is 2.08 bits per heavy atom. The number of amides is 1. The molecular weight excluding hydrogens is 320 g/mol. The van der Waals surface area contributed by atoms with Crippen molar-refractivity contribution in [3.8, 4) is 11.5 Å². The Kier molecular flexibility index (Phi) is 5.81. The van der Waals surface area contributed by atoms with Gasteiger partial charge in [-0.3, -0.25) is 4.79 Å². The fraction of sp³-hybridized carbons (Fsp3) is 0.632. The molecule has 1 aliphatic heterocycles. The second-order valence-corrected chi connectivity index (χ2v) is 7.02. The third-order valence-electron chi connectivity index (χ3n) is 5.07. The fourth-order valence-electron chi connectivity index (χ4n) is 3.55. The number of rotatable bonds is 6. The van der Waals surface area contributed by atoms with Crippen LogP contribution in [0, 0.1) is 0 Å². The van der Waals surface area contributed by atoms with Crippen LogP contribution in [0.4, 0.5) is 0 Å². The average Bonchev–Trinajstić information content (AvgIpc) is 3.26. The van der Waals surface area contributed by atoms with Gasteiger partial charge in [-0.25, -0.2) is 0 Å². The molecule has 0 aromatic heterocycles. The van der Waals surface area contributed by atoms with E-state index in [1.807, 2.05) is 25.1 Å². The Morgan fingerprint density at radius 3 is 2.72 bits per heavy atom. The predicted molar refractivity (Wildman–Crippen MR) is 94.9 cm³/mol. The van der Waals surface area contributed by atoms with E-state index in [0.717, 1.165) is 24.2 Å². The molecule has 3 atom stereocenters. The van der Waals surface area contributed by atoms with E-state index in [1.54, 1.807) is 7.11 Å². The molecule has 0 bridgehead atoms. The van der Waals surface area contributed by atoms with Crippen LogP contribution in [0.25, 0.3) is 0 Å². The minimum Gasteiger partial charge on any atom is -0.493 e.